The number of rotatable bonds is 8. The van der Waals surface area contributed by atoms with Crippen LogP contribution in [0.25, 0.3) is 88.8 Å². The van der Waals surface area contributed by atoms with E-state index in [1.807, 2.05) is 6.07 Å². The minimum Gasteiger partial charge on any atom is -0.310 e. The van der Waals surface area contributed by atoms with Gasteiger partial charge >= 0.3 is 0 Å². The maximum absolute atomic E-state index is 5.24. The molecule has 1 aliphatic carbocycles. The number of nitrogens with zero attached hydrogens (tertiary/aromatic N) is 4. The second-order valence-corrected chi connectivity index (χ2v) is 16.6. The Morgan fingerprint density at radius 3 is 1.72 bits per heavy atom. The number of para-hydroxylation sites is 3. The fourth-order valence-electron chi connectivity index (χ4n) is 9.48. The zero-order valence-corrected chi connectivity index (χ0v) is 34.7. The molecule has 7 aromatic carbocycles. The summed E-state index contributed by atoms with van der Waals surface area (Å²) in [6.45, 7) is 6.84. The van der Waals surface area contributed by atoms with Gasteiger partial charge in [-0.1, -0.05) is 154 Å². The van der Waals surface area contributed by atoms with Gasteiger partial charge in [0.2, 0.25) is 0 Å². The van der Waals surface area contributed by atoms with Gasteiger partial charge < -0.3 is 9.13 Å². The van der Waals surface area contributed by atoms with Crippen LogP contribution in [0, 0.1) is 5.92 Å². The molecule has 0 bridgehead atoms. The summed E-state index contributed by atoms with van der Waals surface area (Å²) in [5.74, 6) is 1.57. The van der Waals surface area contributed by atoms with E-state index in [2.05, 4.69) is 218 Å². The normalized spacial score (nSPS) is 15.8. The topological polar surface area (TPSA) is 35.6 Å². The van der Waals surface area contributed by atoms with E-state index in [-0.39, 0.29) is 11.8 Å². The Bertz CT molecular complexity index is 3310. The Labute approximate surface area is 356 Å². The molecule has 3 aromatic heterocycles. The van der Waals surface area contributed by atoms with Crippen LogP contribution in [0.4, 0.5) is 0 Å². The molecule has 61 heavy (non-hydrogen) atoms. The highest BCUT2D eigenvalue weighted by Crippen LogP contribution is 2.41. The molecular weight excluding hydrogens is 741 g/mol. The summed E-state index contributed by atoms with van der Waals surface area (Å²) in [4.78, 5) is 10.4. The molecule has 0 saturated heterocycles. The van der Waals surface area contributed by atoms with Gasteiger partial charge in [0.25, 0.3) is 0 Å². The Morgan fingerprint density at radius 2 is 1.08 bits per heavy atom. The van der Waals surface area contributed by atoms with E-state index in [1.54, 1.807) is 0 Å². The fourth-order valence-corrected chi connectivity index (χ4v) is 9.48. The summed E-state index contributed by atoms with van der Waals surface area (Å²) in [6.07, 6.45) is 8.19. The lowest BCUT2D eigenvalue weighted by Gasteiger charge is -2.24. The molecule has 0 N–H and O–H groups in total. The maximum Gasteiger partial charge on any atom is 0.160 e. The van der Waals surface area contributed by atoms with E-state index in [9.17, 15) is 0 Å². The van der Waals surface area contributed by atoms with Gasteiger partial charge in [0.1, 0.15) is 0 Å². The Balaban J connectivity index is 0.970. The summed E-state index contributed by atoms with van der Waals surface area (Å²) in [7, 11) is 0. The average molecular weight is 787 g/mol. The van der Waals surface area contributed by atoms with Crippen molar-refractivity contribution in [2.45, 2.75) is 39.0 Å². The molecule has 4 nitrogen and oxygen atoms in total. The van der Waals surface area contributed by atoms with Gasteiger partial charge in [0, 0.05) is 50.0 Å². The molecule has 11 rings (SSSR count). The number of benzene rings is 7. The van der Waals surface area contributed by atoms with Crippen molar-refractivity contribution in [3.63, 3.8) is 0 Å². The lowest BCUT2D eigenvalue weighted by Crippen LogP contribution is -2.13. The number of allylic oxidation sites excluding steroid dienone is 4. The monoisotopic (exact) mass is 786 g/mol. The third-order valence-corrected chi connectivity index (χ3v) is 12.9. The van der Waals surface area contributed by atoms with Crippen molar-refractivity contribution in [2.75, 3.05) is 0 Å². The molecule has 0 radical (unpaired) electrons. The Hall–Kier alpha value is -7.30. The quantitative estimate of drug-likeness (QED) is 0.154. The van der Waals surface area contributed by atoms with Crippen LogP contribution in [0.2, 0.25) is 0 Å². The van der Waals surface area contributed by atoms with Crippen molar-refractivity contribution in [3.05, 3.63) is 205 Å². The Morgan fingerprint density at radius 1 is 0.525 bits per heavy atom. The van der Waals surface area contributed by atoms with Crippen molar-refractivity contribution >= 4 is 49.3 Å². The van der Waals surface area contributed by atoms with Crippen LogP contribution in [0.3, 0.4) is 0 Å². The fraction of sp³-hybridized carbons (Fsp3) is 0.123. The Kier molecular flexibility index (Phi) is 9.08. The van der Waals surface area contributed by atoms with Crippen LogP contribution in [-0.4, -0.2) is 19.1 Å². The number of fused-ring (bicyclic) bond motifs is 6. The second-order valence-electron chi connectivity index (χ2n) is 16.6. The van der Waals surface area contributed by atoms with Crippen LogP contribution < -0.4 is 0 Å². The van der Waals surface area contributed by atoms with Crippen LogP contribution in [0.5, 0.6) is 0 Å². The zero-order chi connectivity index (χ0) is 41.0. The first kappa shape index (κ1) is 36.8. The minimum absolute atomic E-state index is 0.0924. The van der Waals surface area contributed by atoms with Crippen LogP contribution in [0.1, 0.15) is 50.3 Å². The highest BCUT2D eigenvalue weighted by molar-refractivity contribution is 6.13. The lowest BCUT2D eigenvalue weighted by atomic mass is 9.85. The van der Waals surface area contributed by atoms with E-state index < -0.39 is 0 Å². The van der Waals surface area contributed by atoms with E-state index in [0.717, 1.165) is 34.8 Å². The van der Waals surface area contributed by atoms with Gasteiger partial charge in [-0.2, -0.15) is 0 Å². The highest BCUT2D eigenvalue weighted by atomic mass is 15.0. The minimum atomic E-state index is 0.0924. The van der Waals surface area contributed by atoms with E-state index >= 15 is 0 Å². The third kappa shape index (κ3) is 6.38. The molecule has 294 valence electrons. The van der Waals surface area contributed by atoms with Crippen molar-refractivity contribution in [1.82, 2.24) is 19.1 Å². The largest absolute Gasteiger partial charge is 0.310 e. The molecule has 1 aliphatic rings. The van der Waals surface area contributed by atoms with Gasteiger partial charge in [-0.25, -0.2) is 9.97 Å². The van der Waals surface area contributed by atoms with Crippen molar-refractivity contribution in [3.8, 4) is 39.5 Å². The standard InChI is InChI=1S/C57H46N4/c1-4-37(2)39-23-25-40(26-24-39)51-36-52(59-57(58-51)41-15-7-5-8-16-41)46-30-29-45(33-38(46)3)61-54-22-14-12-20-48(54)50-35-43(28-32-56(50)61)42-27-31-55-49(34-42)47-19-11-13-21-53(47)60(55)44-17-9-6-10-18-44/h5-38,46H,4H2,1-3H3. The third-order valence-electron chi connectivity index (χ3n) is 12.9. The van der Waals surface area contributed by atoms with Crippen molar-refractivity contribution in [2.24, 2.45) is 5.92 Å². The summed E-state index contributed by atoms with van der Waals surface area (Å²) in [5.41, 5.74) is 15.1. The van der Waals surface area contributed by atoms with Crippen LogP contribution >= 0.6 is 0 Å². The van der Waals surface area contributed by atoms with Gasteiger partial charge in [-0.3, -0.25) is 0 Å². The maximum atomic E-state index is 5.24. The first-order valence-corrected chi connectivity index (χ1v) is 21.6. The van der Waals surface area contributed by atoms with Gasteiger partial charge in [-0.05, 0) is 95.6 Å². The smallest absolute Gasteiger partial charge is 0.160 e. The molecule has 3 atom stereocenters. The lowest BCUT2D eigenvalue weighted by molar-refractivity contribution is 0.619. The van der Waals surface area contributed by atoms with Gasteiger partial charge in [0.15, 0.2) is 5.82 Å². The highest BCUT2D eigenvalue weighted by Gasteiger charge is 2.25. The molecule has 0 fully saturated rings. The molecule has 0 aliphatic heterocycles. The first-order chi connectivity index (χ1) is 30.0. The predicted molar refractivity (Wildman–Crippen MR) is 256 cm³/mol. The van der Waals surface area contributed by atoms with Crippen LogP contribution in [0.15, 0.2) is 194 Å². The number of hydrogen-bond acceptors (Lipinski definition) is 2. The summed E-state index contributed by atoms with van der Waals surface area (Å²) < 4.78 is 4.81. The SMILES string of the molecule is CCC(C)c1ccc(-c2cc(C3C=CC(n4c5ccccc5c5cc(-c6ccc7c(c6)c6ccccc6n7-c6ccccc6)ccc54)=CC3C)nc(-c3ccccc3)n2)cc1. The van der Waals surface area contributed by atoms with Gasteiger partial charge in [0.05, 0.1) is 33.5 Å². The molecule has 10 aromatic rings. The molecule has 0 saturated carbocycles. The zero-order valence-electron chi connectivity index (χ0n) is 34.7. The molecular formula is C57H46N4. The number of hydrogen-bond donors (Lipinski definition) is 0. The first-order valence-electron chi connectivity index (χ1n) is 21.6. The second kappa shape index (κ2) is 15.1. The summed E-state index contributed by atoms with van der Waals surface area (Å²) in [5, 5.41) is 5.01. The molecule has 4 heteroatoms. The summed E-state index contributed by atoms with van der Waals surface area (Å²) in [6, 6.07) is 63.6. The molecule has 3 unspecified atom stereocenters. The predicted octanol–water partition coefficient (Wildman–Crippen LogP) is 15.0. The van der Waals surface area contributed by atoms with Crippen molar-refractivity contribution in [1.29, 1.82) is 0 Å². The van der Waals surface area contributed by atoms with E-state index in [4.69, 9.17) is 9.97 Å². The van der Waals surface area contributed by atoms with E-state index in [1.165, 1.54) is 71.7 Å². The molecule has 0 amide bonds. The molecule has 0 spiro atoms. The number of aromatic nitrogens is 4. The molecule has 3 heterocycles. The average Bonchev–Trinajstić information content (AvgIpc) is 3.84. The van der Waals surface area contributed by atoms with E-state index in [0.29, 0.717) is 5.92 Å². The van der Waals surface area contributed by atoms with Crippen LogP contribution in [-0.2, 0) is 0 Å². The van der Waals surface area contributed by atoms with Crippen molar-refractivity contribution < 1.29 is 0 Å². The summed E-state index contributed by atoms with van der Waals surface area (Å²) >= 11 is 0. The van der Waals surface area contributed by atoms with Gasteiger partial charge in [-0.15, -0.1) is 0 Å².